The van der Waals surface area contributed by atoms with E-state index in [2.05, 4.69) is 18.7 Å². The standard InChI is InChI=1S/C13H19NO2S/c1-9(2)14(7-10-3-4-10)8-11-5-6-12(17-11)13(15)16/h5-6,9-10H,3-4,7-8H2,1-2H3,(H,15,16). The SMILES string of the molecule is CC(C)N(Cc1ccc(C(=O)O)s1)CC1CC1. The average Bonchev–Trinajstić information content (AvgIpc) is 2.93. The maximum Gasteiger partial charge on any atom is 0.345 e. The van der Waals surface area contributed by atoms with Crippen LogP contribution in [0, 0.1) is 5.92 Å². The molecule has 0 saturated heterocycles. The van der Waals surface area contributed by atoms with Gasteiger partial charge in [-0.15, -0.1) is 11.3 Å². The number of aromatic carboxylic acids is 1. The highest BCUT2D eigenvalue weighted by molar-refractivity contribution is 7.13. The van der Waals surface area contributed by atoms with Crippen molar-refractivity contribution in [2.45, 2.75) is 39.3 Å². The van der Waals surface area contributed by atoms with Gasteiger partial charge in [0.25, 0.3) is 0 Å². The van der Waals surface area contributed by atoms with Crippen molar-refractivity contribution in [2.24, 2.45) is 5.92 Å². The van der Waals surface area contributed by atoms with Crippen molar-refractivity contribution in [1.29, 1.82) is 0 Å². The Morgan fingerprint density at radius 1 is 1.53 bits per heavy atom. The summed E-state index contributed by atoms with van der Waals surface area (Å²) >= 11 is 1.39. The minimum Gasteiger partial charge on any atom is -0.477 e. The molecule has 0 spiro atoms. The van der Waals surface area contributed by atoms with Crippen LogP contribution in [0.4, 0.5) is 0 Å². The van der Waals surface area contributed by atoms with Gasteiger partial charge in [0.1, 0.15) is 4.88 Å². The van der Waals surface area contributed by atoms with Gasteiger partial charge in [-0.1, -0.05) is 0 Å². The first-order chi connectivity index (χ1) is 8.06. The molecule has 0 radical (unpaired) electrons. The molecule has 1 N–H and O–H groups in total. The number of nitrogens with zero attached hydrogens (tertiary/aromatic N) is 1. The molecular weight excluding hydrogens is 234 g/mol. The molecule has 1 aromatic rings. The molecule has 17 heavy (non-hydrogen) atoms. The highest BCUT2D eigenvalue weighted by Gasteiger charge is 2.25. The summed E-state index contributed by atoms with van der Waals surface area (Å²) in [6, 6.07) is 4.17. The largest absolute Gasteiger partial charge is 0.477 e. The van der Waals surface area contributed by atoms with E-state index in [0.29, 0.717) is 10.9 Å². The van der Waals surface area contributed by atoms with Crippen molar-refractivity contribution in [3.05, 3.63) is 21.9 Å². The quantitative estimate of drug-likeness (QED) is 0.847. The van der Waals surface area contributed by atoms with E-state index in [9.17, 15) is 4.79 Å². The van der Waals surface area contributed by atoms with E-state index < -0.39 is 5.97 Å². The van der Waals surface area contributed by atoms with E-state index in [1.165, 1.54) is 24.2 Å². The van der Waals surface area contributed by atoms with Gasteiger partial charge in [-0.25, -0.2) is 4.79 Å². The molecule has 1 heterocycles. The van der Waals surface area contributed by atoms with E-state index in [-0.39, 0.29) is 0 Å². The molecule has 0 aromatic carbocycles. The summed E-state index contributed by atoms with van der Waals surface area (Å²) in [6.45, 7) is 6.44. The summed E-state index contributed by atoms with van der Waals surface area (Å²) in [4.78, 5) is 14.8. The monoisotopic (exact) mass is 253 g/mol. The minimum atomic E-state index is -0.820. The number of hydrogen-bond acceptors (Lipinski definition) is 3. The van der Waals surface area contributed by atoms with Gasteiger partial charge in [0, 0.05) is 24.0 Å². The minimum absolute atomic E-state index is 0.440. The second kappa shape index (κ2) is 5.19. The Hall–Kier alpha value is -0.870. The van der Waals surface area contributed by atoms with Crippen molar-refractivity contribution < 1.29 is 9.90 Å². The Morgan fingerprint density at radius 3 is 2.71 bits per heavy atom. The number of rotatable bonds is 6. The summed E-state index contributed by atoms with van der Waals surface area (Å²) < 4.78 is 0. The van der Waals surface area contributed by atoms with Crippen molar-refractivity contribution in [3.8, 4) is 0 Å². The topological polar surface area (TPSA) is 40.5 Å². The van der Waals surface area contributed by atoms with Crippen molar-refractivity contribution in [3.63, 3.8) is 0 Å². The van der Waals surface area contributed by atoms with E-state index in [1.54, 1.807) is 6.07 Å². The second-order valence-corrected chi connectivity index (χ2v) is 6.21. The third-order valence-electron chi connectivity index (χ3n) is 3.15. The number of hydrogen-bond donors (Lipinski definition) is 1. The summed E-state index contributed by atoms with van der Waals surface area (Å²) in [5.74, 6) is 0.0517. The van der Waals surface area contributed by atoms with Gasteiger partial charge in [-0.05, 0) is 44.7 Å². The molecule has 0 aliphatic heterocycles. The van der Waals surface area contributed by atoms with Crippen LogP contribution in [0.1, 0.15) is 41.2 Å². The van der Waals surface area contributed by atoms with Gasteiger partial charge in [-0.3, -0.25) is 4.90 Å². The lowest BCUT2D eigenvalue weighted by Gasteiger charge is -2.25. The van der Waals surface area contributed by atoms with Gasteiger partial charge >= 0.3 is 5.97 Å². The zero-order valence-corrected chi connectivity index (χ0v) is 11.2. The molecule has 2 rings (SSSR count). The van der Waals surface area contributed by atoms with Crippen LogP contribution in [0.3, 0.4) is 0 Å². The number of carbonyl (C=O) groups is 1. The molecule has 1 aliphatic carbocycles. The Bertz CT molecular complexity index is 396. The van der Waals surface area contributed by atoms with E-state index in [4.69, 9.17) is 5.11 Å². The summed E-state index contributed by atoms with van der Waals surface area (Å²) in [7, 11) is 0. The third-order valence-corrected chi connectivity index (χ3v) is 4.21. The van der Waals surface area contributed by atoms with Crippen LogP contribution in [0.15, 0.2) is 12.1 Å². The molecule has 1 saturated carbocycles. The molecule has 0 amide bonds. The summed E-state index contributed by atoms with van der Waals surface area (Å²) in [5, 5.41) is 8.89. The first-order valence-electron chi connectivity index (χ1n) is 6.12. The fourth-order valence-corrected chi connectivity index (χ4v) is 2.74. The Labute approximate surface area is 106 Å². The zero-order valence-electron chi connectivity index (χ0n) is 10.3. The Balaban J connectivity index is 1.97. The van der Waals surface area contributed by atoms with Crippen LogP contribution in [-0.4, -0.2) is 28.6 Å². The fraction of sp³-hybridized carbons (Fsp3) is 0.615. The molecular formula is C13H19NO2S. The van der Waals surface area contributed by atoms with Crippen LogP contribution in [0.25, 0.3) is 0 Å². The van der Waals surface area contributed by atoms with Gasteiger partial charge in [0.05, 0.1) is 0 Å². The first kappa shape index (κ1) is 12.6. The van der Waals surface area contributed by atoms with E-state index in [0.717, 1.165) is 23.9 Å². The van der Waals surface area contributed by atoms with Crippen molar-refractivity contribution in [1.82, 2.24) is 4.90 Å². The highest BCUT2D eigenvalue weighted by atomic mass is 32.1. The van der Waals surface area contributed by atoms with Gasteiger partial charge in [-0.2, -0.15) is 0 Å². The molecule has 0 bridgehead atoms. The molecule has 1 aliphatic rings. The van der Waals surface area contributed by atoms with Gasteiger partial charge in [0.2, 0.25) is 0 Å². The fourth-order valence-electron chi connectivity index (χ4n) is 1.87. The Morgan fingerprint density at radius 2 is 2.24 bits per heavy atom. The van der Waals surface area contributed by atoms with Crippen LogP contribution in [0.2, 0.25) is 0 Å². The average molecular weight is 253 g/mol. The van der Waals surface area contributed by atoms with Crippen LogP contribution < -0.4 is 0 Å². The second-order valence-electron chi connectivity index (χ2n) is 5.04. The van der Waals surface area contributed by atoms with E-state index in [1.807, 2.05) is 6.07 Å². The van der Waals surface area contributed by atoms with Crippen molar-refractivity contribution in [2.75, 3.05) is 6.54 Å². The maximum absolute atomic E-state index is 10.8. The molecule has 4 heteroatoms. The highest BCUT2D eigenvalue weighted by Crippen LogP contribution is 2.31. The predicted octanol–water partition coefficient (Wildman–Crippen LogP) is 3.07. The smallest absolute Gasteiger partial charge is 0.345 e. The lowest BCUT2D eigenvalue weighted by molar-refractivity contribution is 0.0702. The molecule has 1 fully saturated rings. The zero-order chi connectivity index (χ0) is 12.4. The van der Waals surface area contributed by atoms with Crippen molar-refractivity contribution >= 4 is 17.3 Å². The van der Waals surface area contributed by atoms with E-state index >= 15 is 0 Å². The normalized spacial score (nSPS) is 15.8. The number of carboxylic acid groups (broad SMARTS) is 1. The summed E-state index contributed by atoms with van der Waals surface area (Å²) in [5.41, 5.74) is 0. The molecule has 0 unspecified atom stereocenters. The van der Waals surface area contributed by atoms with Gasteiger partial charge < -0.3 is 5.11 Å². The lowest BCUT2D eigenvalue weighted by Crippen LogP contribution is -2.31. The molecule has 3 nitrogen and oxygen atoms in total. The predicted molar refractivity (Wildman–Crippen MR) is 69.5 cm³/mol. The van der Waals surface area contributed by atoms with Gasteiger partial charge in [0.15, 0.2) is 0 Å². The van der Waals surface area contributed by atoms with Crippen LogP contribution in [-0.2, 0) is 6.54 Å². The van der Waals surface area contributed by atoms with Crippen LogP contribution in [0.5, 0.6) is 0 Å². The molecule has 0 atom stereocenters. The lowest BCUT2D eigenvalue weighted by atomic mass is 10.2. The molecule has 1 aromatic heterocycles. The number of carboxylic acids is 1. The Kier molecular flexibility index (Phi) is 3.84. The third kappa shape index (κ3) is 3.54. The molecule has 94 valence electrons. The van der Waals surface area contributed by atoms with Crippen LogP contribution >= 0.6 is 11.3 Å². The maximum atomic E-state index is 10.8. The number of thiophene rings is 1. The first-order valence-corrected chi connectivity index (χ1v) is 6.94. The summed E-state index contributed by atoms with van der Waals surface area (Å²) in [6.07, 6.45) is 2.71.